The van der Waals surface area contributed by atoms with Gasteiger partial charge in [0, 0.05) is 39.0 Å². The van der Waals surface area contributed by atoms with Crippen molar-refractivity contribution in [1.29, 1.82) is 0 Å². The monoisotopic (exact) mass is 475 g/mol. The van der Waals surface area contributed by atoms with Gasteiger partial charge in [-0.05, 0) is 47.7 Å². The topological polar surface area (TPSA) is 50.7 Å². The third-order valence-corrected chi connectivity index (χ3v) is 6.55. The molecule has 2 aromatic carbocycles. The van der Waals surface area contributed by atoms with Crippen molar-refractivity contribution in [2.75, 3.05) is 0 Å². The number of hydrogen-bond acceptors (Lipinski definition) is 2. The van der Waals surface area contributed by atoms with E-state index in [0.717, 1.165) is 45.3 Å². The lowest BCUT2D eigenvalue weighted by Crippen LogP contribution is -2.07. The standard InChI is InChI=1S/C27H23Cl2N3O/c1-16-3-7-19(8-4-16)23-14-30-32(15-18-5-9-20(28)10-6-18)27(23)25-22-12-11-21(29)13-24(22)31-26(25)17(2)33/h3,5-14,16,31H,4,15H2,1-2H3. The van der Waals surface area contributed by atoms with Crippen molar-refractivity contribution in [2.24, 2.45) is 5.92 Å². The highest BCUT2D eigenvalue weighted by atomic mass is 35.5. The van der Waals surface area contributed by atoms with Gasteiger partial charge < -0.3 is 4.98 Å². The lowest BCUT2D eigenvalue weighted by molar-refractivity contribution is 0.101. The number of Topliss-reactive ketones (excluding diaryl/α,β-unsaturated/α-hetero) is 1. The van der Waals surface area contributed by atoms with E-state index in [1.165, 1.54) is 0 Å². The van der Waals surface area contributed by atoms with Crippen LogP contribution in [-0.4, -0.2) is 20.5 Å². The molecule has 0 fully saturated rings. The molecule has 0 saturated carbocycles. The summed E-state index contributed by atoms with van der Waals surface area (Å²) < 4.78 is 1.97. The third kappa shape index (κ3) is 4.17. The second-order valence-electron chi connectivity index (χ2n) is 8.54. The van der Waals surface area contributed by atoms with Crippen molar-refractivity contribution in [2.45, 2.75) is 26.8 Å². The van der Waals surface area contributed by atoms with Crippen LogP contribution in [0.5, 0.6) is 0 Å². The number of aromatic amines is 1. The van der Waals surface area contributed by atoms with Gasteiger partial charge in [0.2, 0.25) is 0 Å². The minimum absolute atomic E-state index is 0.0377. The number of allylic oxidation sites excluding steroid dienone is 4. The molecule has 1 aliphatic carbocycles. The molecular weight excluding hydrogens is 453 g/mol. The third-order valence-electron chi connectivity index (χ3n) is 6.06. The summed E-state index contributed by atoms with van der Waals surface area (Å²) in [4.78, 5) is 16.0. The molecule has 1 aliphatic rings. The number of ketones is 1. The average molecular weight is 476 g/mol. The SMILES string of the molecule is CC(=O)c1[nH]c2cc(Cl)ccc2c1-c1c(C2=CCC(C)C=C2)cnn1Cc1ccc(Cl)cc1. The van der Waals surface area contributed by atoms with Crippen molar-refractivity contribution >= 4 is 45.5 Å². The van der Waals surface area contributed by atoms with Crippen LogP contribution >= 0.6 is 23.2 Å². The molecule has 1 unspecified atom stereocenters. The number of carbonyl (C=O) groups is 1. The molecule has 0 spiro atoms. The van der Waals surface area contributed by atoms with Crippen LogP contribution in [0.25, 0.3) is 27.7 Å². The Morgan fingerprint density at radius 1 is 1.15 bits per heavy atom. The van der Waals surface area contributed by atoms with E-state index in [2.05, 4.69) is 30.1 Å². The summed E-state index contributed by atoms with van der Waals surface area (Å²) in [6, 6.07) is 13.4. The molecule has 0 saturated heterocycles. The maximum Gasteiger partial charge on any atom is 0.176 e. The fraction of sp³-hybridized carbons (Fsp3) is 0.185. The molecule has 4 nitrogen and oxygen atoms in total. The molecule has 0 amide bonds. The number of fused-ring (bicyclic) bond motifs is 1. The summed E-state index contributed by atoms with van der Waals surface area (Å²) in [6.07, 6.45) is 9.49. The number of rotatable bonds is 5. The van der Waals surface area contributed by atoms with Crippen molar-refractivity contribution < 1.29 is 4.79 Å². The lowest BCUT2D eigenvalue weighted by atomic mass is 9.92. The van der Waals surface area contributed by atoms with Gasteiger partial charge in [-0.1, -0.05) is 66.6 Å². The van der Waals surface area contributed by atoms with Gasteiger partial charge in [0.15, 0.2) is 5.78 Å². The summed E-state index contributed by atoms with van der Waals surface area (Å²) in [5.74, 6) is 0.466. The van der Waals surface area contributed by atoms with E-state index in [9.17, 15) is 4.79 Å². The fourth-order valence-electron chi connectivity index (χ4n) is 4.35. The van der Waals surface area contributed by atoms with Crippen LogP contribution in [0.4, 0.5) is 0 Å². The van der Waals surface area contributed by atoms with Gasteiger partial charge in [0.05, 0.1) is 24.1 Å². The molecular formula is C27H23Cl2N3O. The van der Waals surface area contributed by atoms with Crippen LogP contribution in [0, 0.1) is 5.92 Å². The van der Waals surface area contributed by atoms with E-state index in [-0.39, 0.29) is 5.78 Å². The van der Waals surface area contributed by atoms with Crippen LogP contribution < -0.4 is 0 Å². The van der Waals surface area contributed by atoms with Gasteiger partial charge in [0.25, 0.3) is 0 Å². The molecule has 166 valence electrons. The molecule has 0 aliphatic heterocycles. The minimum Gasteiger partial charge on any atom is -0.352 e. The molecule has 0 bridgehead atoms. The molecule has 2 heterocycles. The second kappa shape index (κ2) is 8.69. The maximum atomic E-state index is 12.7. The number of H-pyrrole nitrogens is 1. The first-order valence-corrected chi connectivity index (χ1v) is 11.7. The van der Waals surface area contributed by atoms with Gasteiger partial charge >= 0.3 is 0 Å². The number of halogens is 2. The van der Waals surface area contributed by atoms with E-state index in [1.807, 2.05) is 53.3 Å². The Bertz CT molecular complexity index is 1420. The van der Waals surface area contributed by atoms with Crippen LogP contribution in [0.15, 0.2) is 66.9 Å². The highest BCUT2D eigenvalue weighted by molar-refractivity contribution is 6.31. The molecule has 1 atom stereocenters. The van der Waals surface area contributed by atoms with E-state index in [0.29, 0.717) is 28.2 Å². The zero-order valence-corrected chi connectivity index (χ0v) is 19.9. The maximum absolute atomic E-state index is 12.7. The summed E-state index contributed by atoms with van der Waals surface area (Å²) in [5.41, 5.74) is 6.34. The van der Waals surface area contributed by atoms with Gasteiger partial charge in [-0.25, -0.2) is 0 Å². The number of hydrogen-bond donors (Lipinski definition) is 1. The van der Waals surface area contributed by atoms with E-state index in [4.69, 9.17) is 28.3 Å². The van der Waals surface area contributed by atoms with Crippen LogP contribution in [0.1, 0.15) is 41.9 Å². The highest BCUT2D eigenvalue weighted by Gasteiger charge is 2.25. The molecule has 2 aromatic heterocycles. The molecule has 0 radical (unpaired) electrons. The van der Waals surface area contributed by atoms with Crippen LogP contribution in [0.3, 0.4) is 0 Å². The largest absolute Gasteiger partial charge is 0.352 e. The Morgan fingerprint density at radius 3 is 2.61 bits per heavy atom. The fourth-order valence-corrected chi connectivity index (χ4v) is 4.65. The number of benzene rings is 2. The molecule has 33 heavy (non-hydrogen) atoms. The number of nitrogens with one attached hydrogen (secondary N) is 1. The Kier molecular flexibility index (Phi) is 5.73. The van der Waals surface area contributed by atoms with Crippen molar-refractivity contribution in [3.8, 4) is 11.3 Å². The Labute approximate surface area is 202 Å². The Hall–Kier alpha value is -3.08. The average Bonchev–Trinajstić information content (AvgIpc) is 3.36. The summed E-state index contributed by atoms with van der Waals surface area (Å²) in [6.45, 7) is 4.33. The molecule has 5 rings (SSSR count). The van der Waals surface area contributed by atoms with E-state index in [1.54, 1.807) is 6.92 Å². The predicted octanol–water partition coefficient (Wildman–Crippen LogP) is 7.57. The lowest BCUT2D eigenvalue weighted by Gasteiger charge is -2.15. The highest BCUT2D eigenvalue weighted by Crippen LogP contribution is 2.39. The van der Waals surface area contributed by atoms with Crippen LogP contribution in [0.2, 0.25) is 10.0 Å². The van der Waals surface area contributed by atoms with Crippen LogP contribution in [-0.2, 0) is 6.54 Å². The van der Waals surface area contributed by atoms with E-state index >= 15 is 0 Å². The molecule has 6 heteroatoms. The smallest absolute Gasteiger partial charge is 0.176 e. The number of nitrogens with zero attached hydrogens (tertiary/aromatic N) is 2. The predicted molar refractivity (Wildman–Crippen MR) is 136 cm³/mol. The van der Waals surface area contributed by atoms with Gasteiger partial charge in [-0.2, -0.15) is 5.10 Å². The van der Waals surface area contributed by atoms with Crippen molar-refractivity contribution in [1.82, 2.24) is 14.8 Å². The van der Waals surface area contributed by atoms with Gasteiger partial charge in [0.1, 0.15) is 0 Å². The summed E-state index contributed by atoms with van der Waals surface area (Å²) in [7, 11) is 0. The summed E-state index contributed by atoms with van der Waals surface area (Å²) >= 11 is 12.3. The zero-order chi connectivity index (χ0) is 23.1. The first-order chi connectivity index (χ1) is 15.9. The first kappa shape index (κ1) is 21.7. The van der Waals surface area contributed by atoms with Gasteiger partial charge in [-0.3, -0.25) is 9.48 Å². The number of carbonyl (C=O) groups excluding carboxylic acids is 1. The first-order valence-electron chi connectivity index (χ1n) is 10.9. The normalized spacial score (nSPS) is 15.8. The van der Waals surface area contributed by atoms with E-state index < -0.39 is 0 Å². The number of aromatic nitrogens is 3. The zero-order valence-electron chi connectivity index (χ0n) is 18.4. The summed E-state index contributed by atoms with van der Waals surface area (Å²) in [5, 5.41) is 7.02. The van der Waals surface area contributed by atoms with Crippen molar-refractivity contribution in [3.63, 3.8) is 0 Å². The second-order valence-corrected chi connectivity index (χ2v) is 9.42. The van der Waals surface area contributed by atoms with Gasteiger partial charge in [-0.15, -0.1) is 0 Å². The molecule has 1 N–H and O–H groups in total. The Balaban J connectivity index is 1.75. The minimum atomic E-state index is -0.0377. The molecule has 4 aromatic rings. The Morgan fingerprint density at radius 2 is 1.91 bits per heavy atom. The quantitative estimate of drug-likeness (QED) is 0.302. The van der Waals surface area contributed by atoms with Crippen molar-refractivity contribution in [3.05, 3.63) is 93.8 Å².